The zero-order valence-electron chi connectivity index (χ0n) is 8.91. The first-order chi connectivity index (χ1) is 8.11. The second kappa shape index (κ2) is 3.80. The van der Waals surface area contributed by atoms with Crippen LogP contribution in [0.1, 0.15) is 22.4 Å². The molecule has 0 saturated heterocycles. The molecule has 2 aromatic rings. The van der Waals surface area contributed by atoms with Crippen molar-refractivity contribution in [3.63, 3.8) is 0 Å². The van der Waals surface area contributed by atoms with Crippen LogP contribution < -0.4 is 0 Å². The third-order valence-electron chi connectivity index (χ3n) is 3.26. The number of fused-ring (bicyclic) bond motifs is 1. The Kier molecular flexibility index (Phi) is 2.51. The maximum atomic E-state index is 13.1. The van der Waals surface area contributed by atoms with E-state index in [1.165, 1.54) is 23.5 Å². The van der Waals surface area contributed by atoms with Crippen LogP contribution in [0.4, 0.5) is 4.39 Å². The number of halogens is 2. The maximum absolute atomic E-state index is 13.1. The van der Waals surface area contributed by atoms with Crippen LogP contribution in [0.3, 0.4) is 0 Å². The number of hydrogen-bond donors (Lipinski definition) is 1. The van der Waals surface area contributed by atoms with Gasteiger partial charge in [-0.3, -0.25) is 0 Å². The molecule has 1 N–H and O–H groups in total. The van der Waals surface area contributed by atoms with Gasteiger partial charge >= 0.3 is 0 Å². The van der Waals surface area contributed by atoms with Crippen LogP contribution in [0, 0.1) is 5.82 Å². The van der Waals surface area contributed by atoms with Crippen molar-refractivity contribution in [1.29, 1.82) is 0 Å². The Labute approximate surface area is 107 Å². The highest BCUT2D eigenvalue weighted by molar-refractivity contribution is 7.10. The van der Waals surface area contributed by atoms with Crippen LogP contribution in [0.15, 0.2) is 29.6 Å². The smallest absolute Gasteiger partial charge is 0.126 e. The average Bonchev–Trinajstić information content (AvgIpc) is 2.85. The molecule has 88 valence electrons. The topological polar surface area (TPSA) is 20.2 Å². The van der Waals surface area contributed by atoms with Gasteiger partial charge in [0.25, 0.3) is 0 Å². The largest absolute Gasteiger partial charge is 0.379 e. The predicted molar refractivity (Wildman–Crippen MR) is 67.0 cm³/mol. The van der Waals surface area contributed by atoms with Crippen LogP contribution in [0.2, 0.25) is 5.02 Å². The van der Waals surface area contributed by atoms with E-state index in [0.29, 0.717) is 17.9 Å². The third kappa shape index (κ3) is 1.61. The first-order valence-corrected chi connectivity index (χ1v) is 6.62. The van der Waals surface area contributed by atoms with Gasteiger partial charge in [0.1, 0.15) is 11.4 Å². The molecular weight excluding hydrogens is 259 g/mol. The minimum absolute atomic E-state index is 0.259. The highest BCUT2D eigenvalue weighted by Crippen LogP contribution is 2.46. The molecule has 1 aromatic heterocycles. The lowest BCUT2D eigenvalue weighted by Gasteiger charge is -2.23. The molecule has 0 saturated carbocycles. The van der Waals surface area contributed by atoms with Gasteiger partial charge in [-0.2, -0.15) is 0 Å². The van der Waals surface area contributed by atoms with E-state index < -0.39 is 5.60 Å². The third-order valence-corrected chi connectivity index (χ3v) is 4.75. The summed E-state index contributed by atoms with van der Waals surface area (Å²) in [6.07, 6.45) is 1.24. The van der Waals surface area contributed by atoms with Crippen molar-refractivity contribution >= 4 is 22.9 Å². The Hall–Kier alpha value is -0.900. The molecule has 1 heterocycles. The summed E-state index contributed by atoms with van der Waals surface area (Å²) in [6, 6.07) is 6.32. The van der Waals surface area contributed by atoms with E-state index in [0.717, 1.165) is 16.0 Å². The van der Waals surface area contributed by atoms with Crippen molar-refractivity contribution < 1.29 is 9.50 Å². The van der Waals surface area contributed by atoms with E-state index in [1.807, 2.05) is 5.38 Å². The number of thiophene rings is 1. The molecule has 1 unspecified atom stereocenters. The zero-order chi connectivity index (χ0) is 12.0. The fourth-order valence-corrected chi connectivity index (χ4v) is 3.80. The lowest BCUT2D eigenvalue weighted by molar-refractivity contribution is 0.0869. The average molecular weight is 269 g/mol. The fourth-order valence-electron chi connectivity index (χ4n) is 2.45. The van der Waals surface area contributed by atoms with Crippen molar-refractivity contribution in [3.8, 4) is 0 Å². The second-order valence-electron chi connectivity index (χ2n) is 4.26. The Morgan fingerprint density at radius 3 is 2.88 bits per heavy atom. The highest BCUT2D eigenvalue weighted by Gasteiger charge is 2.40. The summed E-state index contributed by atoms with van der Waals surface area (Å²) in [5.41, 5.74) is 0.606. The Morgan fingerprint density at radius 1 is 1.35 bits per heavy atom. The lowest BCUT2D eigenvalue weighted by Crippen LogP contribution is -2.22. The molecule has 1 aliphatic carbocycles. The van der Waals surface area contributed by atoms with Crippen molar-refractivity contribution in [2.45, 2.75) is 18.4 Å². The summed E-state index contributed by atoms with van der Waals surface area (Å²) < 4.78 is 13.1. The molecule has 0 amide bonds. The van der Waals surface area contributed by atoms with Crippen molar-refractivity contribution in [2.75, 3.05) is 0 Å². The number of aliphatic hydroxyl groups is 1. The Balaban J connectivity index is 2.17. The summed E-state index contributed by atoms with van der Waals surface area (Å²) in [4.78, 5) is 0.754. The van der Waals surface area contributed by atoms with Gasteiger partial charge in [0.15, 0.2) is 0 Å². The quantitative estimate of drug-likeness (QED) is 0.836. The van der Waals surface area contributed by atoms with Crippen LogP contribution in [-0.4, -0.2) is 5.11 Å². The summed E-state index contributed by atoms with van der Waals surface area (Å²) in [5, 5.41) is 13.2. The van der Waals surface area contributed by atoms with Gasteiger partial charge in [0, 0.05) is 0 Å². The Morgan fingerprint density at radius 2 is 2.18 bits per heavy atom. The normalized spacial score (nSPS) is 22.8. The van der Waals surface area contributed by atoms with Gasteiger partial charge in [-0.25, -0.2) is 4.39 Å². The van der Waals surface area contributed by atoms with Crippen LogP contribution in [-0.2, 0) is 12.0 Å². The molecule has 1 aromatic carbocycles. The number of aryl methyl sites for hydroxylation is 1. The van der Waals surface area contributed by atoms with E-state index in [4.69, 9.17) is 11.6 Å². The standard InChI is InChI=1S/C13H10ClFOS/c14-11-4-6-17-12(11)13(16)5-3-8-7-9(15)1-2-10(8)13/h1-2,4,6-7,16H,3,5H2. The molecule has 1 atom stereocenters. The molecule has 1 nitrogen and oxygen atoms in total. The lowest BCUT2D eigenvalue weighted by atomic mass is 9.94. The van der Waals surface area contributed by atoms with E-state index in [9.17, 15) is 9.50 Å². The van der Waals surface area contributed by atoms with E-state index >= 15 is 0 Å². The number of benzene rings is 1. The molecule has 0 fully saturated rings. The molecule has 3 rings (SSSR count). The molecule has 1 aliphatic rings. The summed E-state index contributed by atoms with van der Waals surface area (Å²) in [5.74, 6) is -0.259. The van der Waals surface area contributed by atoms with E-state index in [2.05, 4.69) is 0 Å². The molecular formula is C13H10ClFOS. The summed E-state index contributed by atoms with van der Waals surface area (Å²) in [7, 11) is 0. The zero-order valence-corrected chi connectivity index (χ0v) is 10.5. The molecule has 0 spiro atoms. The summed E-state index contributed by atoms with van der Waals surface area (Å²) >= 11 is 7.52. The van der Waals surface area contributed by atoms with Crippen LogP contribution >= 0.6 is 22.9 Å². The van der Waals surface area contributed by atoms with Gasteiger partial charge < -0.3 is 5.11 Å². The second-order valence-corrected chi connectivity index (χ2v) is 5.58. The molecule has 0 radical (unpaired) electrons. The number of hydrogen-bond acceptors (Lipinski definition) is 2. The van der Waals surface area contributed by atoms with E-state index in [-0.39, 0.29) is 5.82 Å². The van der Waals surface area contributed by atoms with Crippen LogP contribution in [0.25, 0.3) is 0 Å². The van der Waals surface area contributed by atoms with Crippen molar-refractivity contribution in [2.24, 2.45) is 0 Å². The first-order valence-electron chi connectivity index (χ1n) is 5.36. The molecule has 4 heteroatoms. The molecule has 0 aliphatic heterocycles. The molecule has 17 heavy (non-hydrogen) atoms. The Bertz CT molecular complexity index is 581. The monoisotopic (exact) mass is 268 g/mol. The molecule has 0 bridgehead atoms. The van der Waals surface area contributed by atoms with Crippen LogP contribution in [0.5, 0.6) is 0 Å². The first kappa shape index (κ1) is 11.2. The minimum atomic E-state index is -1.05. The highest BCUT2D eigenvalue weighted by atomic mass is 35.5. The SMILES string of the molecule is OC1(c2sccc2Cl)CCc2cc(F)ccc21. The van der Waals surface area contributed by atoms with Gasteiger partial charge in [-0.15, -0.1) is 11.3 Å². The van der Waals surface area contributed by atoms with E-state index in [1.54, 1.807) is 12.1 Å². The van der Waals surface area contributed by atoms with Gasteiger partial charge in [-0.1, -0.05) is 17.7 Å². The van der Waals surface area contributed by atoms with Crippen molar-refractivity contribution in [3.05, 3.63) is 56.5 Å². The van der Waals surface area contributed by atoms with Gasteiger partial charge in [-0.05, 0) is 47.5 Å². The number of rotatable bonds is 1. The van der Waals surface area contributed by atoms with Gasteiger partial charge in [0.2, 0.25) is 0 Å². The minimum Gasteiger partial charge on any atom is -0.379 e. The van der Waals surface area contributed by atoms with Gasteiger partial charge in [0.05, 0.1) is 9.90 Å². The predicted octanol–water partition coefficient (Wildman–Crippen LogP) is 3.72. The van der Waals surface area contributed by atoms with Crippen molar-refractivity contribution in [1.82, 2.24) is 0 Å². The maximum Gasteiger partial charge on any atom is 0.126 e. The fraction of sp³-hybridized carbons (Fsp3) is 0.231. The summed E-state index contributed by atoms with van der Waals surface area (Å²) in [6.45, 7) is 0.